The van der Waals surface area contributed by atoms with Gasteiger partial charge in [0.15, 0.2) is 17.5 Å². The fraction of sp³-hybridized carbons (Fsp3) is 0.581. The van der Waals surface area contributed by atoms with Gasteiger partial charge in [-0.25, -0.2) is 9.59 Å². The van der Waals surface area contributed by atoms with E-state index in [0.29, 0.717) is 5.56 Å². The Morgan fingerprint density at radius 1 is 0.948 bits per heavy atom. The monoisotopic (exact) mass is 809 g/mol. The van der Waals surface area contributed by atoms with Crippen LogP contribution in [0.4, 0.5) is 0 Å². The fourth-order valence-electron chi connectivity index (χ4n) is 9.67. The van der Waals surface area contributed by atoms with Gasteiger partial charge in [0, 0.05) is 25.2 Å². The Morgan fingerprint density at radius 2 is 1.55 bits per heavy atom. The van der Waals surface area contributed by atoms with Crippen molar-refractivity contribution in [3.63, 3.8) is 0 Å². The number of hydrogen-bond donors (Lipinski definition) is 6. The Bertz CT molecular complexity index is 1930. The molecule has 2 aromatic carbocycles. The predicted octanol–water partition coefficient (Wildman–Crippen LogP) is 2.42. The van der Waals surface area contributed by atoms with Crippen LogP contribution in [0.25, 0.3) is 0 Å². The first-order valence-electron chi connectivity index (χ1n) is 19.5. The summed E-state index contributed by atoms with van der Waals surface area (Å²) in [6.45, 7) is 12.0. The van der Waals surface area contributed by atoms with Gasteiger partial charge in [0.05, 0.1) is 41.3 Å². The number of carbonyl (C=O) groups excluding carboxylic acids is 4. The molecule has 6 rings (SSSR count). The Morgan fingerprint density at radius 3 is 2.10 bits per heavy atom. The minimum Gasteiger partial charge on any atom is -0.456 e. The van der Waals surface area contributed by atoms with Crippen molar-refractivity contribution < 1.29 is 68.4 Å². The Balaban J connectivity index is 1.48. The Hall–Kier alpha value is -4.06. The van der Waals surface area contributed by atoms with Crippen molar-refractivity contribution in [3.8, 4) is 0 Å². The summed E-state index contributed by atoms with van der Waals surface area (Å²) >= 11 is 0. The standard InChI is InChI=1S/C43H55NO14/c1-22-26(55-37(51)32(48)30(24-15-11-9-12-16-24)44-38(52)58-39(3,4)5)20-43(53)35(56-36(50)25-17-13-10-14-18-25)33-41(8,34(49)31(47)29(22)40(43,6)7)27(46)19-28-42(33,21-54-28)57-23(2)45/h9-18,26-28,30-33,35,38,44,46-48,52-53H,19-21H2,1-8H3/t26-,27-,28+,30-,31+,32+,33-,35-,38?,41+,42-,43+/m0/s1. The van der Waals surface area contributed by atoms with Crippen LogP contribution in [0.15, 0.2) is 71.8 Å². The van der Waals surface area contributed by atoms with Crippen molar-refractivity contribution in [3.05, 3.63) is 82.9 Å². The number of nitrogens with one attached hydrogen (secondary N) is 1. The molecule has 3 aliphatic carbocycles. The highest BCUT2D eigenvalue weighted by molar-refractivity contribution is 5.94. The van der Waals surface area contributed by atoms with Gasteiger partial charge in [-0.15, -0.1) is 0 Å². The predicted molar refractivity (Wildman–Crippen MR) is 204 cm³/mol. The van der Waals surface area contributed by atoms with Gasteiger partial charge in [-0.1, -0.05) is 62.4 Å². The lowest BCUT2D eigenvalue weighted by Crippen LogP contribution is -2.81. The smallest absolute Gasteiger partial charge is 0.338 e. The lowest BCUT2D eigenvalue weighted by Gasteiger charge is -2.67. The van der Waals surface area contributed by atoms with Crippen LogP contribution < -0.4 is 5.32 Å². The number of aliphatic hydroxyl groups excluding tert-OH is 4. The molecule has 4 aliphatic rings. The number of rotatable bonds is 10. The molecule has 58 heavy (non-hydrogen) atoms. The van der Waals surface area contributed by atoms with E-state index in [9.17, 15) is 44.7 Å². The molecule has 15 heteroatoms. The maximum absolute atomic E-state index is 15.0. The number of hydrogen-bond acceptors (Lipinski definition) is 15. The molecule has 0 aromatic heterocycles. The van der Waals surface area contributed by atoms with E-state index >= 15 is 0 Å². The molecule has 1 aliphatic heterocycles. The summed E-state index contributed by atoms with van der Waals surface area (Å²) in [7, 11) is 0. The number of fused-ring (bicyclic) bond motifs is 5. The number of Topliss-reactive ketones (excluding diaryl/α,β-unsaturated/α-hetero) is 1. The van der Waals surface area contributed by atoms with Crippen molar-refractivity contribution in [2.24, 2.45) is 16.7 Å². The van der Waals surface area contributed by atoms with Gasteiger partial charge >= 0.3 is 17.9 Å². The van der Waals surface area contributed by atoms with Crippen LogP contribution in [0, 0.1) is 16.7 Å². The second-order valence-corrected chi connectivity index (χ2v) is 17.7. The second-order valence-electron chi connectivity index (χ2n) is 17.7. The molecule has 12 atom stereocenters. The van der Waals surface area contributed by atoms with E-state index in [1.807, 2.05) is 0 Å². The van der Waals surface area contributed by atoms with Crippen molar-refractivity contribution in [2.45, 2.75) is 134 Å². The zero-order chi connectivity index (χ0) is 42.7. The Labute approximate surface area is 337 Å². The van der Waals surface area contributed by atoms with Crippen LogP contribution >= 0.6 is 0 Å². The van der Waals surface area contributed by atoms with Crippen LogP contribution in [0.5, 0.6) is 0 Å². The number of carbonyl (C=O) groups is 4. The Kier molecular flexibility index (Phi) is 11.6. The molecular formula is C43H55NO14. The van der Waals surface area contributed by atoms with Crippen LogP contribution in [0.2, 0.25) is 0 Å². The summed E-state index contributed by atoms with van der Waals surface area (Å²) < 4.78 is 29.8. The molecule has 15 nitrogen and oxygen atoms in total. The number of aliphatic hydroxyl groups is 5. The van der Waals surface area contributed by atoms with Crippen molar-refractivity contribution >= 4 is 23.7 Å². The molecular weight excluding hydrogens is 754 g/mol. The molecule has 1 saturated heterocycles. The fourth-order valence-corrected chi connectivity index (χ4v) is 9.67. The average molecular weight is 810 g/mol. The number of ether oxygens (including phenoxy) is 5. The number of benzene rings is 2. The quantitative estimate of drug-likeness (QED) is 0.0877. The van der Waals surface area contributed by atoms with Crippen LogP contribution in [0.1, 0.15) is 90.2 Å². The van der Waals surface area contributed by atoms with Crippen LogP contribution in [-0.4, -0.2) is 116 Å². The first kappa shape index (κ1) is 43.5. The van der Waals surface area contributed by atoms with Crippen molar-refractivity contribution in [1.29, 1.82) is 0 Å². The van der Waals surface area contributed by atoms with Gasteiger partial charge in [-0.2, -0.15) is 0 Å². The molecule has 3 fully saturated rings. The van der Waals surface area contributed by atoms with E-state index in [2.05, 4.69) is 5.32 Å². The lowest BCUT2D eigenvalue weighted by atomic mass is 9.44. The molecule has 1 unspecified atom stereocenters. The molecule has 0 spiro atoms. The van der Waals surface area contributed by atoms with Gasteiger partial charge in [0.2, 0.25) is 6.41 Å². The maximum atomic E-state index is 15.0. The van der Waals surface area contributed by atoms with Crippen LogP contribution in [0.3, 0.4) is 0 Å². The van der Waals surface area contributed by atoms with Gasteiger partial charge in [0.1, 0.15) is 30.0 Å². The summed E-state index contributed by atoms with van der Waals surface area (Å²) in [5.41, 5.74) is -7.89. The normalized spacial score (nSPS) is 34.5. The van der Waals surface area contributed by atoms with E-state index in [1.165, 1.54) is 26.0 Å². The topological polar surface area (TPSA) is 228 Å². The maximum Gasteiger partial charge on any atom is 0.338 e. The molecule has 0 radical (unpaired) electrons. The van der Waals surface area contributed by atoms with E-state index in [-0.39, 0.29) is 29.7 Å². The van der Waals surface area contributed by atoms with E-state index < -0.39 is 113 Å². The minimum atomic E-state index is -2.34. The first-order chi connectivity index (χ1) is 27.0. The SMILES string of the molecule is CC(=O)O[C@@]12CO[C@@H]1C[C@H](O)[C@@]1(C)C(=O)[C@H](O)C3=C(C)[C@@H](OC(=O)[C@H](O)[C@@H](NC(O)OC(C)(C)C)c4ccccc4)C[C@@](O)([C@@H](OC(=O)c4ccccc4)[C@H]21)C3(C)C. The van der Waals surface area contributed by atoms with E-state index in [4.69, 9.17) is 23.7 Å². The average Bonchev–Trinajstić information content (AvgIpc) is 3.14. The highest BCUT2D eigenvalue weighted by atomic mass is 16.6. The molecule has 1 heterocycles. The molecule has 2 saturated carbocycles. The van der Waals surface area contributed by atoms with Gasteiger partial charge in [-0.3, -0.25) is 14.9 Å². The molecule has 6 N–H and O–H groups in total. The third kappa shape index (κ3) is 7.29. The highest BCUT2D eigenvalue weighted by Gasteiger charge is 2.78. The minimum absolute atomic E-state index is 0.0496. The lowest BCUT2D eigenvalue weighted by molar-refractivity contribution is -0.346. The van der Waals surface area contributed by atoms with E-state index in [0.717, 1.165) is 6.92 Å². The zero-order valence-electron chi connectivity index (χ0n) is 34.0. The number of ketones is 1. The van der Waals surface area contributed by atoms with Crippen molar-refractivity contribution in [1.82, 2.24) is 5.32 Å². The van der Waals surface area contributed by atoms with Gasteiger partial charge in [-0.05, 0) is 63.5 Å². The number of esters is 3. The molecule has 316 valence electrons. The molecule has 0 amide bonds. The van der Waals surface area contributed by atoms with Gasteiger partial charge < -0.3 is 49.2 Å². The second kappa shape index (κ2) is 15.5. The van der Waals surface area contributed by atoms with E-state index in [1.54, 1.807) is 83.1 Å². The zero-order valence-corrected chi connectivity index (χ0v) is 34.0. The third-order valence-corrected chi connectivity index (χ3v) is 12.7. The first-order valence-corrected chi connectivity index (χ1v) is 19.5. The molecule has 2 aromatic rings. The summed E-state index contributed by atoms with van der Waals surface area (Å²) in [5, 5.41) is 62.6. The highest BCUT2D eigenvalue weighted by Crippen LogP contribution is 2.64. The van der Waals surface area contributed by atoms with Gasteiger partial charge in [0.25, 0.3) is 0 Å². The summed E-state index contributed by atoms with van der Waals surface area (Å²) in [6, 6.07) is 14.9. The molecule has 2 bridgehead atoms. The largest absolute Gasteiger partial charge is 0.456 e. The summed E-state index contributed by atoms with van der Waals surface area (Å²) in [4.78, 5) is 56.0. The summed E-state index contributed by atoms with van der Waals surface area (Å²) in [6.07, 6.45) is -12.0. The van der Waals surface area contributed by atoms with Crippen molar-refractivity contribution in [2.75, 3.05) is 6.61 Å². The summed E-state index contributed by atoms with van der Waals surface area (Å²) in [5.74, 6) is -5.29. The van der Waals surface area contributed by atoms with Crippen LogP contribution in [-0.2, 0) is 38.1 Å². The third-order valence-electron chi connectivity index (χ3n) is 12.7.